The molecule has 0 aliphatic carbocycles. The Kier molecular flexibility index (Phi) is 12.5. The summed E-state index contributed by atoms with van der Waals surface area (Å²) in [5, 5.41) is 0. The average molecular weight is 447 g/mol. The van der Waals surface area contributed by atoms with Crippen LogP contribution in [0.4, 0.5) is 43.9 Å². The lowest BCUT2D eigenvalue weighted by molar-refractivity contribution is -0.0536. The molecule has 0 fully saturated rings. The first-order valence-electron chi connectivity index (χ1n) is 7.02. The van der Waals surface area contributed by atoms with E-state index >= 15 is 0 Å². The van der Waals surface area contributed by atoms with Crippen molar-refractivity contribution in [3.05, 3.63) is 0 Å². The number of hydrogen-bond donors (Lipinski definition) is 2. The van der Waals surface area contributed by atoms with Crippen LogP contribution in [0.1, 0.15) is 6.42 Å². The van der Waals surface area contributed by atoms with Crippen LogP contribution in [0.5, 0.6) is 0 Å². The summed E-state index contributed by atoms with van der Waals surface area (Å²) in [6.45, 7) is -1.47. The van der Waals surface area contributed by atoms with Crippen LogP contribution in [-0.4, -0.2) is 80.9 Å². The van der Waals surface area contributed by atoms with Crippen molar-refractivity contribution in [2.75, 3.05) is 12.4 Å². The van der Waals surface area contributed by atoms with Gasteiger partial charge in [0.15, 0.2) is 49.4 Å². The van der Waals surface area contributed by atoms with Crippen molar-refractivity contribution in [3.8, 4) is 0 Å². The standard InChI is InChI=1S/C12H16F10O3S.H3N/c13-2-1-4(14)6(16)8(18)10(20)12(22)11(21)9(19)7(17)5(15)3-26(23,24)25;/h4-12H,1-3H2,(H,23,24,25);1H3. The SMILES string of the molecule is N.O=S(=O)(O)CC(F)C(F)C(F)C(F)C(F)C(F)C(F)C(F)C(F)CCF. The fraction of sp³-hybridized carbons (Fsp3) is 1.00. The minimum absolute atomic E-state index is 0. The molecule has 0 aromatic heterocycles. The quantitative estimate of drug-likeness (QED) is 0.354. The van der Waals surface area contributed by atoms with Crippen molar-refractivity contribution < 1.29 is 56.9 Å². The third-order valence-electron chi connectivity index (χ3n) is 3.27. The van der Waals surface area contributed by atoms with Crippen LogP contribution >= 0.6 is 0 Å². The van der Waals surface area contributed by atoms with E-state index < -0.39 is 84.5 Å². The van der Waals surface area contributed by atoms with Crippen LogP contribution in [0.2, 0.25) is 0 Å². The van der Waals surface area contributed by atoms with Crippen molar-refractivity contribution in [2.24, 2.45) is 0 Å². The van der Waals surface area contributed by atoms with Crippen molar-refractivity contribution in [1.29, 1.82) is 0 Å². The molecule has 9 atom stereocenters. The lowest BCUT2D eigenvalue weighted by Gasteiger charge is -2.26. The maximum atomic E-state index is 13.4. The minimum Gasteiger partial charge on any atom is -0.344 e. The van der Waals surface area contributed by atoms with Gasteiger partial charge in [0, 0.05) is 6.42 Å². The van der Waals surface area contributed by atoms with E-state index in [0.29, 0.717) is 0 Å². The molecule has 4 nitrogen and oxygen atoms in total. The van der Waals surface area contributed by atoms with E-state index in [1.807, 2.05) is 0 Å². The highest BCUT2D eigenvalue weighted by molar-refractivity contribution is 7.85. The maximum Gasteiger partial charge on any atom is 0.267 e. The van der Waals surface area contributed by atoms with Crippen LogP contribution in [-0.2, 0) is 10.1 Å². The number of rotatable bonds is 12. The zero-order valence-corrected chi connectivity index (χ0v) is 14.3. The Bertz CT molecular complexity index is 516. The molecule has 15 heteroatoms. The Morgan fingerprint density at radius 2 is 0.926 bits per heavy atom. The number of halogens is 10. The molecule has 0 aromatic carbocycles. The van der Waals surface area contributed by atoms with Crippen LogP contribution in [0.3, 0.4) is 0 Å². The van der Waals surface area contributed by atoms with E-state index in [4.69, 9.17) is 4.55 Å². The molecule has 0 heterocycles. The van der Waals surface area contributed by atoms with Gasteiger partial charge in [0.05, 0.1) is 6.67 Å². The largest absolute Gasteiger partial charge is 0.344 e. The zero-order chi connectivity index (χ0) is 20.8. The van der Waals surface area contributed by atoms with Crippen molar-refractivity contribution in [2.45, 2.75) is 62.0 Å². The summed E-state index contributed by atoms with van der Waals surface area (Å²) >= 11 is 0. The van der Waals surface area contributed by atoms with E-state index in [1.165, 1.54) is 0 Å². The molecular weight excluding hydrogens is 428 g/mol. The van der Waals surface area contributed by atoms with E-state index in [0.717, 1.165) is 0 Å². The number of hydrogen-bond acceptors (Lipinski definition) is 3. The maximum absolute atomic E-state index is 13.4. The third-order valence-corrected chi connectivity index (χ3v) is 4.01. The second-order valence-corrected chi connectivity index (χ2v) is 6.87. The fourth-order valence-electron chi connectivity index (χ4n) is 1.83. The Morgan fingerprint density at radius 1 is 0.630 bits per heavy atom. The van der Waals surface area contributed by atoms with Crippen molar-refractivity contribution in [3.63, 3.8) is 0 Å². The normalized spacial score (nSPS) is 22.5. The van der Waals surface area contributed by atoms with Gasteiger partial charge < -0.3 is 6.15 Å². The van der Waals surface area contributed by atoms with Gasteiger partial charge in [-0.25, -0.2) is 39.5 Å². The van der Waals surface area contributed by atoms with Crippen LogP contribution in [0, 0.1) is 0 Å². The highest BCUT2D eigenvalue weighted by Gasteiger charge is 2.48. The molecule has 0 rings (SSSR count). The summed E-state index contributed by atoms with van der Waals surface area (Å²) in [5.74, 6) is -2.03. The van der Waals surface area contributed by atoms with Gasteiger partial charge in [-0.2, -0.15) is 8.42 Å². The Hall–Kier alpha value is -0.830. The predicted molar refractivity (Wildman–Crippen MR) is 76.1 cm³/mol. The minimum atomic E-state index is -5.16. The second kappa shape index (κ2) is 11.9. The summed E-state index contributed by atoms with van der Waals surface area (Å²) in [5.41, 5.74) is 0. The molecule has 0 bridgehead atoms. The second-order valence-electron chi connectivity index (χ2n) is 5.37. The molecule has 0 aliphatic rings. The molecule has 9 unspecified atom stereocenters. The molecule has 0 radical (unpaired) electrons. The molecule has 0 aliphatic heterocycles. The molecule has 0 aromatic rings. The highest BCUT2D eigenvalue weighted by atomic mass is 32.2. The van der Waals surface area contributed by atoms with Crippen molar-refractivity contribution in [1.82, 2.24) is 6.15 Å². The first kappa shape index (κ1) is 28.4. The van der Waals surface area contributed by atoms with Crippen LogP contribution in [0.25, 0.3) is 0 Å². The lowest BCUT2D eigenvalue weighted by Crippen LogP contribution is -2.48. The molecule has 4 N–H and O–H groups in total. The van der Waals surface area contributed by atoms with Crippen LogP contribution in [0.15, 0.2) is 0 Å². The summed E-state index contributed by atoms with van der Waals surface area (Å²) in [6, 6.07) is 0. The Morgan fingerprint density at radius 3 is 1.22 bits per heavy atom. The molecule has 0 spiro atoms. The Labute approximate surface area is 148 Å². The topological polar surface area (TPSA) is 89.4 Å². The van der Waals surface area contributed by atoms with Gasteiger partial charge in [0.2, 0.25) is 0 Å². The zero-order valence-electron chi connectivity index (χ0n) is 13.5. The highest BCUT2D eigenvalue weighted by Crippen LogP contribution is 2.29. The van der Waals surface area contributed by atoms with Gasteiger partial charge in [0.1, 0.15) is 11.9 Å². The molecule has 0 amide bonds. The van der Waals surface area contributed by atoms with Gasteiger partial charge in [0.25, 0.3) is 10.1 Å². The molecule has 27 heavy (non-hydrogen) atoms. The summed E-state index contributed by atoms with van der Waals surface area (Å²) in [7, 11) is -5.16. The Balaban J connectivity index is 0. The molecule has 0 saturated carbocycles. The first-order chi connectivity index (χ1) is 11.7. The predicted octanol–water partition coefficient (Wildman–Crippen LogP) is 3.44. The first-order valence-corrected chi connectivity index (χ1v) is 8.63. The monoisotopic (exact) mass is 447 g/mol. The third kappa shape index (κ3) is 8.81. The van der Waals surface area contributed by atoms with Gasteiger partial charge in [-0.3, -0.25) is 8.94 Å². The van der Waals surface area contributed by atoms with E-state index in [1.54, 1.807) is 0 Å². The molecule has 0 saturated heterocycles. The van der Waals surface area contributed by atoms with Gasteiger partial charge in [-0.05, 0) is 0 Å². The van der Waals surface area contributed by atoms with E-state index in [9.17, 15) is 52.3 Å². The lowest BCUT2D eigenvalue weighted by atomic mass is 9.96. The fourth-order valence-corrected chi connectivity index (χ4v) is 2.42. The molecule has 166 valence electrons. The van der Waals surface area contributed by atoms with Gasteiger partial charge >= 0.3 is 0 Å². The van der Waals surface area contributed by atoms with Crippen LogP contribution < -0.4 is 6.15 Å². The molecular formula is C12H19F10NO3S. The summed E-state index contributed by atoms with van der Waals surface area (Å²) in [6.07, 6.45) is -33.9. The summed E-state index contributed by atoms with van der Waals surface area (Å²) < 4.78 is 160. The van der Waals surface area contributed by atoms with E-state index in [2.05, 4.69) is 0 Å². The van der Waals surface area contributed by atoms with E-state index in [-0.39, 0.29) is 6.15 Å². The summed E-state index contributed by atoms with van der Waals surface area (Å²) in [4.78, 5) is 0. The number of alkyl halides is 10. The van der Waals surface area contributed by atoms with Gasteiger partial charge in [-0.15, -0.1) is 0 Å². The average Bonchev–Trinajstić information content (AvgIpc) is 2.55. The van der Waals surface area contributed by atoms with Crippen molar-refractivity contribution >= 4 is 10.1 Å². The smallest absolute Gasteiger partial charge is 0.267 e. The van der Waals surface area contributed by atoms with Gasteiger partial charge in [-0.1, -0.05) is 0 Å².